The number of sulfonamides is 1. The fourth-order valence-corrected chi connectivity index (χ4v) is 6.59. The van der Waals surface area contributed by atoms with Crippen molar-refractivity contribution in [3.63, 3.8) is 0 Å². The number of rotatable bonds is 9. The molecule has 2 aromatic carbocycles. The van der Waals surface area contributed by atoms with Crippen LogP contribution in [0.4, 0.5) is 10.1 Å². The molecule has 41 heavy (non-hydrogen) atoms. The average molecular weight is 617 g/mol. The summed E-state index contributed by atoms with van der Waals surface area (Å²) in [7, 11) is -2.84. The van der Waals surface area contributed by atoms with Crippen LogP contribution in [-0.4, -0.2) is 46.6 Å². The van der Waals surface area contributed by atoms with Gasteiger partial charge in [0.1, 0.15) is 27.8 Å². The number of nitrogens with one attached hydrogen (secondary N) is 1. The summed E-state index contributed by atoms with van der Waals surface area (Å²) in [5.41, 5.74) is 1.80. The molecule has 9 nitrogen and oxygen atoms in total. The summed E-state index contributed by atoms with van der Waals surface area (Å²) in [4.78, 5) is 13.2. The van der Waals surface area contributed by atoms with Crippen molar-refractivity contribution >= 4 is 44.6 Å². The number of hydrogen-bond donors (Lipinski definition) is 2. The molecule has 0 saturated heterocycles. The molecule has 0 aliphatic heterocycles. The van der Waals surface area contributed by atoms with Crippen molar-refractivity contribution in [3.8, 4) is 28.4 Å². The Labute approximate surface area is 245 Å². The number of aliphatic hydroxyl groups excluding tert-OH is 1. The van der Waals surface area contributed by atoms with Crippen molar-refractivity contribution in [1.82, 2.24) is 19.4 Å². The van der Waals surface area contributed by atoms with Crippen molar-refractivity contribution in [2.24, 2.45) is 0 Å². The molecule has 0 aliphatic rings. The minimum absolute atomic E-state index is 0.0128. The predicted molar refractivity (Wildman–Crippen MR) is 156 cm³/mol. The Morgan fingerprint density at radius 2 is 1.93 bits per heavy atom. The van der Waals surface area contributed by atoms with Gasteiger partial charge in [-0.25, -0.2) is 27.8 Å². The summed E-state index contributed by atoms with van der Waals surface area (Å²) in [6, 6.07) is 12.4. The maximum Gasteiger partial charge on any atom is 0.264 e. The summed E-state index contributed by atoms with van der Waals surface area (Å²) in [5, 5.41) is 9.08. The van der Waals surface area contributed by atoms with E-state index in [1.165, 1.54) is 31.4 Å². The Kier molecular flexibility index (Phi) is 8.14. The zero-order chi connectivity index (χ0) is 29.3. The highest BCUT2D eigenvalue weighted by Crippen LogP contribution is 2.38. The number of hydrogen-bond acceptors (Lipinski definition) is 7. The third-order valence-electron chi connectivity index (χ3n) is 6.35. The van der Waals surface area contributed by atoms with E-state index in [1.807, 2.05) is 0 Å². The number of nitrogens with zero attached hydrogens (tertiary/aromatic N) is 4. The van der Waals surface area contributed by atoms with Gasteiger partial charge in [-0.1, -0.05) is 35.3 Å². The highest BCUT2D eigenvalue weighted by Gasteiger charge is 2.27. The van der Waals surface area contributed by atoms with Crippen LogP contribution in [0.15, 0.2) is 65.8 Å². The molecule has 2 N–H and O–H groups in total. The minimum atomic E-state index is -4.37. The lowest BCUT2D eigenvalue weighted by atomic mass is 10.1. The minimum Gasteiger partial charge on any atom is -0.497 e. The molecule has 0 spiro atoms. The number of pyridine rings is 1. The Morgan fingerprint density at radius 1 is 1.12 bits per heavy atom. The molecular weight excluding hydrogens is 592 g/mol. The van der Waals surface area contributed by atoms with Crippen LogP contribution in [0.1, 0.15) is 17.8 Å². The highest BCUT2D eigenvalue weighted by atomic mass is 35.5. The topological polar surface area (TPSA) is 119 Å². The van der Waals surface area contributed by atoms with Crippen molar-refractivity contribution in [2.75, 3.05) is 18.4 Å². The Balaban J connectivity index is 1.67. The number of fused-ring (bicyclic) bond motifs is 1. The number of aryl methyl sites for hydroxylation is 2. The third kappa shape index (κ3) is 5.58. The van der Waals surface area contributed by atoms with Crippen LogP contribution in [0.25, 0.3) is 28.3 Å². The second kappa shape index (κ2) is 11.6. The number of imidazole rings is 1. The second-order valence-corrected chi connectivity index (χ2v) is 11.5. The molecule has 3 heterocycles. The fraction of sp³-hybridized carbons (Fsp3) is 0.179. The lowest BCUT2D eigenvalue weighted by molar-refractivity contribution is 0.287. The van der Waals surface area contributed by atoms with Crippen LogP contribution in [0.3, 0.4) is 0 Å². The van der Waals surface area contributed by atoms with Crippen molar-refractivity contribution in [3.05, 3.63) is 88.2 Å². The van der Waals surface area contributed by atoms with E-state index in [9.17, 15) is 13.5 Å². The summed E-state index contributed by atoms with van der Waals surface area (Å²) in [6.45, 7) is 1.63. The summed E-state index contributed by atoms with van der Waals surface area (Å²) in [5.74, 6) is 0.183. The molecule has 0 radical (unpaired) electrons. The quantitative estimate of drug-likeness (QED) is 0.210. The van der Waals surface area contributed by atoms with Gasteiger partial charge in [-0.15, -0.1) is 0 Å². The largest absolute Gasteiger partial charge is 0.497 e. The van der Waals surface area contributed by atoms with Crippen LogP contribution in [0, 0.1) is 12.7 Å². The second-order valence-electron chi connectivity index (χ2n) is 9.07. The van der Waals surface area contributed by atoms with Gasteiger partial charge in [-0.05, 0) is 49.2 Å². The smallest absolute Gasteiger partial charge is 0.264 e. The molecule has 3 aromatic heterocycles. The van der Waals surface area contributed by atoms with Crippen molar-refractivity contribution in [1.29, 1.82) is 0 Å². The molecule has 13 heteroatoms. The van der Waals surface area contributed by atoms with Crippen LogP contribution < -0.4 is 9.46 Å². The lowest BCUT2D eigenvalue weighted by Crippen LogP contribution is -2.15. The molecule has 212 valence electrons. The van der Waals surface area contributed by atoms with E-state index < -0.39 is 15.8 Å². The van der Waals surface area contributed by atoms with Crippen LogP contribution >= 0.6 is 23.2 Å². The first-order valence-corrected chi connectivity index (χ1v) is 14.6. The summed E-state index contributed by atoms with van der Waals surface area (Å²) in [6.07, 6.45) is 4.23. The number of ether oxygens (including phenoxy) is 1. The van der Waals surface area contributed by atoms with Crippen molar-refractivity contribution in [2.45, 2.75) is 24.7 Å². The molecule has 5 aromatic rings. The van der Waals surface area contributed by atoms with Gasteiger partial charge < -0.3 is 9.84 Å². The SMILES string of the molecule is COc1ccn2c(-c3ccnc(CCCO)n3)c(-c3cccc(NS(=O)(=O)c4c(Cl)ccc(C)c4Cl)c3F)nc2c1. The normalized spacial score (nSPS) is 11.7. The summed E-state index contributed by atoms with van der Waals surface area (Å²) >= 11 is 12.4. The monoisotopic (exact) mass is 615 g/mol. The maximum absolute atomic E-state index is 16.2. The van der Waals surface area contributed by atoms with Gasteiger partial charge in [-0.3, -0.25) is 9.12 Å². The molecule has 5 rings (SSSR count). The molecule has 0 saturated carbocycles. The van der Waals surface area contributed by atoms with E-state index in [2.05, 4.69) is 19.7 Å². The fourth-order valence-electron chi connectivity index (χ4n) is 4.34. The molecule has 0 amide bonds. The number of methoxy groups -OCH3 is 1. The van der Waals surface area contributed by atoms with E-state index in [0.717, 1.165) is 0 Å². The van der Waals surface area contributed by atoms with E-state index in [4.69, 9.17) is 27.9 Å². The molecular formula is C28H24Cl2FN5O4S. The first-order chi connectivity index (χ1) is 19.6. The number of anilines is 1. The van der Waals surface area contributed by atoms with Gasteiger partial charge >= 0.3 is 0 Å². The maximum atomic E-state index is 16.2. The first-order valence-electron chi connectivity index (χ1n) is 12.4. The van der Waals surface area contributed by atoms with Gasteiger partial charge in [-0.2, -0.15) is 0 Å². The molecule has 0 unspecified atom stereocenters. The van der Waals surface area contributed by atoms with Gasteiger partial charge in [0.25, 0.3) is 10.0 Å². The van der Waals surface area contributed by atoms with Crippen molar-refractivity contribution < 1.29 is 22.7 Å². The van der Waals surface area contributed by atoms with Crippen LogP contribution in [-0.2, 0) is 16.4 Å². The molecule has 0 fully saturated rings. The molecule has 0 aliphatic carbocycles. The van der Waals surface area contributed by atoms with Gasteiger partial charge in [0.15, 0.2) is 5.82 Å². The number of benzene rings is 2. The standard InChI is InChI=1S/C28H24Cl2FN5O4S/c1-16-8-9-19(29)28(24(16)30)41(38,39)35-20-6-3-5-18(25(20)31)26-27(21-10-12-32-22(33-21)7-4-14-37)36-13-11-17(40-2)15-23(36)34-26/h3,5-6,8-13,15,35,37H,4,7,14H2,1-2H3. The van der Waals surface area contributed by atoms with E-state index in [0.29, 0.717) is 47.0 Å². The number of aliphatic hydroxyl groups is 1. The number of halogens is 3. The zero-order valence-corrected chi connectivity index (χ0v) is 24.2. The third-order valence-corrected chi connectivity index (χ3v) is 8.83. The Morgan fingerprint density at radius 3 is 2.68 bits per heavy atom. The van der Waals surface area contributed by atoms with E-state index in [-0.39, 0.29) is 38.5 Å². The molecule has 0 atom stereocenters. The van der Waals surface area contributed by atoms with Gasteiger partial charge in [0.05, 0.1) is 34.2 Å². The van der Waals surface area contributed by atoms with Gasteiger partial charge in [0.2, 0.25) is 0 Å². The number of aromatic nitrogens is 4. The van der Waals surface area contributed by atoms with E-state index in [1.54, 1.807) is 48.0 Å². The summed E-state index contributed by atoms with van der Waals surface area (Å²) < 4.78 is 52.1. The predicted octanol–water partition coefficient (Wildman–Crippen LogP) is 5.95. The molecule has 0 bridgehead atoms. The Bertz CT molecular complexity index is 1880. The average Bonchev–Trinajstić information content (AvgIpc) is 3.33. The highest BCUT2D eigenvalue weighted by molar-refractivity contribution is 7.93. The lowest BCUT2D eigenvalue weighted by Gasteiger charge is -2.14. The van der Waals surface area contributed by atoms with Crippen LogP contribution in [0.5, 0.6) is 5.75 Å². The van der Waals surface area contributed by atoms with Gasteiger partial charge in [0, 0.05) is 37.1 Å². The van der Waals surface area contributed by atoms with E-state index >= 15 is 4.39 Å². The van der Waals surface area contributed by atoms with Crippen LogP contribution in [0.2, 0.25) is 10.0 Å². The zero-order valence-electron chi connectivity index (χ0n) is 21.9. The first kappa shape index (κ1) is 28.7. The Hall–Kier alpha value is -3.77.